The number of rotatable bonds is 14. The van der Waals surface area contributed by atoms with Crippen LogP contribution in [0, 0.1) is 5.82 Å². The van der Waals surface area contributed by atoms with Crippen LogP contribution in [0.4, 0.5) is 4.39 Å². The minimum Gasteiger partial charge on any atom is -0.481 e. The fourth-order valence-electron chi connectivity index (χ4n) is 4.67. The summed E-state index contributed by atoms with van der Waals surface area (Å²) in [6, 6.07) is 15.6. The summed E-state index contributed by atoms with van der Waals surface area (Å²) in [5.41, 5.74) is 0.127. The molecule has 43 heavy (non-hydrogen) atoms. The van der Waals surface area contributed by atoms with Gasteiger partial charge < -0.3 is 29.6 Å². The molecule has 0 unspecified atom stereocenters. The first-order valence-corrected chi connectivity index (χ1v) is 13.7. The first kappa shape index (κ1) is 32.9. The second-order valence-corrected chi connectivity index (χ2v) is 10.4. The molecule has 0 saturated heterocycles. The Labute approximate surface area is 247 Å². The van der Waals surface area contributed by atoms with E-state index in [1.807, 2.05) is 30.7 Å². The number of para-hydroxylation sites is 2. The zero-order chi connectivity index (χ0) is 31.6. The summed E-state index contributed by atoms with van der Waals surface area (Å²) in [5.74, 6) is -4.16. The van der Waals surface area contributed by atoms with Crippen molar-refractivity contribution in [1.82, 2.24) is 24.0 Å². The van der Waals surface area contributed by atoms with E-state index in [4.69, 9.17) is 25.4 Å². The summed E-state index contributed by atoms with van der Waals surface area (Å²) in [5, 5.41) is 33.8. The number of carboxylic acids is 3. The molecule has 0 saturated carbocycles. The van der Waals surface area contributed by atoms with Gasteiger partial charge in [0.25, 0.3) is 0 Å². The van der Waals surface area contributed by atoms with Crippen LogP contribution in [0.2, 0.25) is 0 Å². The monoisotopic (exact) mass is 597 g/mol. The molecule has 2 aromatic heterocycles. The zero-order valence-corrected chi connectivity index (χ0v) is 24.0. The summed E-state index contributed by atoms with van der Waals surface area (Å²) in [4.78, 5) is 41.8. The van der Waals surface area contributed by atoms with Crippen molar-refractivity contribution in [3.63, 3.8) is 0 Å². The predicted molar refractivity (Wildman–Crippen MR) is 155 cm³/mol. The van der Waals surface area contributed by atoms with E-state index in [1.165, 1.54) is 6.07 Å². The number of fused-ring (bicyclic) bond motifs is 1. The van der Waals surface area contributed by atoms with Crippen molar-refractivity contribution < 1.29 is 39.2 Å². The van der Waals surface area contributed by atoms with Crippen LogP contribution in [0.5, 0.6) is 0 Å². The Morgan fingerprint density at radius 3 is 2.21 bits per heavy atom. The molecule has 0 amide bonds. The first-order chi connectivity index (χ1) is 20.4. The highest BCUT2D eigenvalue weighted by Gasteiger charge is 2.40. The number of imidazole rings is 2. The van der Waals surface area contributed by atoms with E-state index >= 15 is 0 Å². The van der Waals surface area contributed by atoms with Gasteiger partial charge in [-0.3, -0.25) is 14.5 Å². The molecular weight excluding hydrogens is 561 g/mol. The lowest BCUT2D eigenvalue weighted by molar-refractivity contribution is -0.170. The van der Waals surface area contributed by atoms with Gasteiger partial charge in [0.1, 0.15) is 11.6 Å². The van der Waals surface area contributed by atoms with Crippen LogP contribution >= 0.6 is 0 Å². The molecule has 0 bridgehead atoms. The van der Waals surface area contributed by atoms with E-state index in [-0.39, 0.29) is 5.82 Å². The molecule has 230 valence electrons. The zero-order valence-electron chi connectivity index (χ0n) is 24.0. The van der Waals surface area contributed by atoms with Gasteiger partial charge in [-0.05, 0) is 38.5 Å². The Bertz CT molecular complexity index is 1500. The molecule has 0 radical (unpaired) electrons. The Kier molecular flexibility index (Phi) is 11.5. The Hall–Kier alpha value is -4.62. The number of halogens is 1. The number of hydrogen-bond acceptors (Lipinski definition) is 7. The molecule has 0 aliphatic carbocycles. The second-order valence-electron chi connectivity index (χ2n) is 10.4. The van der Waals surface area contributed by atoms with E-state index in [2.05, 4.69) is 51.1 Å². The number of carbonyl (C=O) groups is 3. The third-order valence-electron chi connectivity index (χ3n) is 6.64. The molecule has 13 heteroatoms. The number of carboxylic acid groups (broad SMARTS) is 3. The van der Waals surface area contributed by atoms with Gasteiger partial charge >= 0.3 is 17.9 Å². The normalized spacial score (nSPS) is 11.5. The number of aromatic nitrogens is 4. The topological polar surface area (TPSA) is 171 Å². The Morgan fingerprint density at radius 1 is 0.977 bits per heavy atom. The van der Waals surface area contributed by atoms with Crippen molar-refractivity contribution in [3.05, 3.63) is 84.5 Å². The molecule has 12 nitrogen and oxygen atoms in total. The van der Waals surface area contributed by atoms with Crippen LogP contribution in [-0.4, -0.2) is 74.5 Å². The SMILES string of the molecule is CC(C)n1c(CN(CCCn2ccnc2)Cc2ccccc2F)nc2ccccc21.O=C(O)CC(O)(CC(=O)O)C(=O)O. The van der Waals surface area contributed by atoms with E-state index in [9.17, 15) is 18.8 Å². The third-order valence-corrected chi connectivity index (χ3v) is 6.64. The lowest BCUT2D eigenvalue weighted by atomic mass is 9.96. The summed E-state index contributed by atoms with van der Waals surface area (Å²) in [6.07, 6.45) is 4.26. The lowest BCUT2D eigenvalue weighted by Crippen LogP contribution is -2.42. The maximum atomic E-state index is 14.3. The lowest BCUT2D eigenvalue weighted by Gasteiger charge is -2.24. The largest absolute Gasteiger partial charge is 0.481 e. The van der Waals surface area contributed by atoms with E-state index < -0.39 is 36.4 Å². The highest BCUT2D eigenvalue weighted by molar-refractivity contribution is 5.88. The van der Waals surface area contributed by atoms with Crippen LogP contribution < -0.4 is 0 Å². The van der Waals surface area contributed by atoms with Crippen molar-refractivity contribution >= 4 is 28.9 Å². The molecule has 4 rings (SSSR count). The van der Waals surface area contributed by atoms with Crippen molar-refractivity contribution in [3.8, 4) is 0 Å². The maximum absolute atomic E-state index is 14.3. The molecule has 2 aromatic carbocycles. The average molecular weight is 598 g/mol. The number of aliphatic hydroxyl groups is 1. The van der Waals surface area contributed by atoms with Gasteiger partial charge in [0.05, 0.1) is 36.7 Å². The minimum absolute atomic E-state index is 0.158. The van der Waals surface area contributed by atoms with Gasteiger partial charge in [-0.25, -0.2) is 19.2 Å². The van der Waals surface area contributed by atoms with Gasteiger partial charge in [0.15, 0.2) is 5.60 Å². The van der Waals surface area contributed by atoms with Crippen LogP contribution in [0.15, 0.2) is 67.3 Å². The maximum Gasteiger partial charge on any atom is 0.336 e. The highest BCUT2D eigenvalue weighted by Crippen LogP contribution is 2.23. The second kappa shape index (κ2) is 15.0. The van der Waals surface area contributed by atoms with Crippen LogP contribution in [0.3, 0.4) is 0 Å². The standard InChI is InChI=1S/C24H28FN5.C6H8O7/c1-19(2)30-23-11-6-5-10-22(23)27-24(30)17-29(14-7-13-28-15-12-26-18-28)16-20-8-3-4-9-21(20)25;7-3(8)1-6(13,5(11)12)2-4(9)10/h3-6,8-12,15,18-19H,7,13-14,16-17H2,1-2H3;13H,1-2H2,(H,7,8)(H,9,10)(H,11,12). The fraction of sp³-hybridized carbons (Fsp3) is 0.367. The number of aliphatic carboxylic acids is 3. The molecule has 0 fully saturated rings. The Morgan fingerprint density at radius 2 is 1.63 bits per heavy atom. The fourth-order valence-corrected chi connectivity index (χ4v) is 4.67. The summed E-state index contributed by atoms with van der Waals surface area (Å²) in [6.45, 7) is 7.31. The summed E-state index contributed by atoms with van der Waals surface area (Å²) in [7, 11) is 0. The predicted octanol–water partition coefficient (Wildman–Crippen LogP) is 3.80. The molecule has 0 aliphatic heterocycles. The highest BCUT2D eigenvalue weighted by atomic mass is 19.1. The van der Waals surface area contributed by atoms with E-state index in [0.717, 1.165) is 36.4 Å². The minimum atomic E-state index is -2.74. The van der Waals surface area contributed by atoms with Crippen molar-refractivity contribution in [2.45, 2.75) is 64.4 Å². The summed E-state index contributed by atoms with van der Waals surface area (Å²) < 4.78 is 18.7. The van der Waals surface area contributed by atoms with Crippen molar-refractivity contribution in [2.75, 3.05) is 6.54 Å². The number of benzene rings is 2. The van der Waals surface area contributed by atoms with Gasteiger partial charge in [-0.15, -0.1) is 0 Å². The van der Waals surface area contributed by atoms with E-state index in [0.29, 0.717) is 24.7 Å². The molecule has 0 aliphatic rings. The van der Waals surface area contributed by atoms with Gasteiger partial charge in [-0.1, -0.05) is 30.3 Å². The van der Waals surface area contributed by atoms with Crippen LogP contribution in [-0.2, 0) is 34.0 Å². The van der Waals surface area contributed by atoms with E-state index in [1.54, 1.807) is 12.3 Å². The molecular formula is C30H36FN5O7. The third kappa shape index (κ3) is 9.45. The molecule has 4 N–H and O–H groups in total. The number of aryl methyl sites for hydroxylation is 1. The number of nitrogens with zero attached hydrogens (tertiary/aromatic N) is 5. The van der Waals surface area contributed by atoms with Gasteiger partial charge in [0.2, 0.25) is 0 Å². The Balaban J connectivity index is 0.000000331. The van der Waals surface area contributed by atoms with Crippen LogP contribution in [0.25, 0.3) is 11.0 Å². The van der Waals surface area contributed by atoms with Gasteiger partial charge in [-0.2, -0.15) is 0 Å². The summed E-state index contributed by atoms with van der Waals surface area (Å²) >= 11 is 0. The first-order valence-electron chi connectivity index (χ1n) is 13.7. The van der Waals surface area contributed by atoms with Crippen molar-refractivity contribution in [2.24, 2.45) is 0 Å². The molecule has 2 heterocycles. The quantitative estimate of drug-likeness (QED) is 0.168. The van der Waals surface area contributed by atoms with Crippen LogP contribution in [0.1, 0.15) is 50.5 Å². The van der Waals surface area contributed by atoms with Crippen molar-refractivity contribution in [1.29, 1.82) is 0 Å². The molecule has 4 aromatic rings. The number of hydrogen-bond donors (Lipinski definition) is 4. The molecule has 0 atom stereocenters. The smallest absolute Gasteiger partial charge is 0.336 e. The average Bonchev–Trinajstić information content (AvgIpc) is 3.57. The van der Waals surface area contributed by atoms with Gasteiger partial charge in [0, 0.05) is 43.6 Å². The molecule has 0 spiro atoms.